The van der Waals surface area contributed by atoms with Crippen molar-refractivity contribution in [1.29, 1.82) is 0 Å². The molecule has 42 heavy (non-hydrogen) atoms. The minimum Gasteiger partial charge on any atom is -0.301 e. The van der Waals surface area contributed by atoms with Gasteiger partial charge in [-0.05, 0) is 11.1 Å². The van der Waals surface area contributed by atoms with Gasteiger partial charge in [0.1, 0.15) is 0 Å². The lowest BCUT2D eigenvalue weighted by Crippen LogP contribution is -2.32. The largest absolute Gasteiger partial charge is 0.301 e. The molecule has 0 unspecified atom stereocenters. The molecular formula is C34H26N4O2S2. The van der Waals surface area contributed by atoms with Crippen molar-refractivity contribution in [2.75, 3.05) is 10.7 Å². The van der Waals surface area contributed by atoms with Crippen LogP contribution >= 0.6 is 23.1 Å². The number of rotatable bonds is 9. The molecule has 8 heteroatoms. The summed E-state index contributed by atoms with van der Waals surface area (Å²) in [5, 5.41) is 1.00. The van der Waals surface area contributed by atoms with E-state index in [-0.39, 0.29) is 17.2 Å². The molecule has 0 saturated heterocycles. The number of hydrogen-bond donors (Lipinski definition) is 1. The number of hydrogen-bond acceptors (Lipinski definition) is 6. The Kier molecular flexibility index (Phi) is 8.35. The molecule has 1 amide bonds. The third-order valence-electron chi connectivity index (χ3n) is 6.54. The van der Waals surface area contributed by atoms with Gasteiger partial charge in [0.05, 0.1) is 28.6 Å². The van der Waals surface area contributed by atoms with E-state index in [0.29, 0.717) is 22.5 Å². The maximum absolute atomic E-state index is 13.9. The summed E-state index contributed by atoms with van der Waals surface area (Å²) in [5.74, 6) is -0.0563. The number of aromatic amines is 1. The van der Waals surface area contributed by atoms with Crippen molar-refractivity contribution in [2.24, 2.45) is 0 Å². The van der Waals surface area contributed by atoms with Gasteiger partial charge in [-0.1, -0.05) is 144 Å². The molecule has 206 valence electrons. The Hall–Kier alpha value is -4.79. The van der Waals surface area contributed by atoms with Gasteiger partial charge >= 0.3 is 0 Å². The molecule has 0 aliphatic carbocycles. The third kappa shape index (κ3) is 6.40. The highest BCUT2D eigenvalue weighted by Gasteiger charge is 2.24. The molecule has 0 bridgehead atoms. The quantitative estimate of drug-likeness (QED) is 0.140. The number of thioether (sulfide) groups is 1. The van der Waals surface area contributed by atoms with E-state index in [0.717, 1.165) is 32.8 Å². The number of anilines is 1. The summed E-state index contributed by atoms with van der Waals surface area (Å²) < 4.78 is 0. The van der Waals surface area contributed by atoms with Crippen molar-refractivity contribution in [2.45, 2.75) is 11.7 Å². The Morgan fingerprint density at radius 1 is 0.738 bits per heavy atom. The van der Waals surface area contributed by atoms with Crippen LogP contribution in [0.25, 0.3) is 33.0 Å². The summed E-state index contributed by atoms with van der Waals surface area (Å²) >= 11 is 2.71. The van der Waals surface area contributed by atoms with Gasteiger partial charge in [-0.25, -0.2) is 9.97 Å². The van der Waals surface area contributed by atoms with Crippen molar-refractivity contribution in [3.8, 4) is 33.0 Å². The first kappa shape index (κ1) is 27.4. The second-order valence-corrected chi connectivity index (χ2v) is 11.4. The fraction of sp³-hybridized carbons (Fsp3) is 0.0588. The van der Waals surface area contributed by atoms with Crippen molar-refractivity contribution >= 4 is 34.1 Å². The minimum atomic E-state index is -0.264. The van der Waals surface area contributed by atoms with E-state index in [1.54, 1.807) is 4.90 Å². The molecule has 1 N–H and O–H groups in total. The van der Waals surface area contributed by atoms with Gasteiger partial charge in [0, 0.05) is 17.2 Å². The Labute approximate surface area is 251 Å². The third-order valence-corrected chi connectivity index (χ3v) is 8.52. The Bertz CT molecular complexity index is 1780. The van der Waals surface area contributed by atoms with Gasteiger partial charge in [0.25, 0.3) is 5.56 Å². The molecule has 0 aliphatic rings. The average Bonchev–Trinajstić information content (AvgIpc) is 3.49. The summed E-state index contributed by atoms with van der Waals surface area (Å²) in [5.41, 5.74) is 5.00. The van der Waals surface area contributed by atoms with E-state index in [4.69, 9.17) is 4.98 Å². The molecule has 4 aromatic carbocycles. The molecular weight excluding hydrogens is 561 g/mol. The van der Waals surface area contributed by atoms with Gasteiger partial charge in [-0.3, -0.25) is 14.5 Å². The number of carbonyl (C=O) groups is 1. The highest BCUT2D eigenvalue weighted by atomic mass is 32.2. The lowest BCUT2D eigenvalue weighted by molar-refractivity contribution is -0.116. The zero-order valence-corrected chi connectivity index (χ0v) is 24.1. The maximum Gasteiger partial charge on any atom is 0.252 e. The highest BCUT2D eigenvalue weighted by molar-refractivity contribution is 7.99. The van der Waals surface area contributed by atoms with Gasteiger partial charge in [0.15, 0.2) is 10.3 Å². The van der Waals surface area contributed by atoms with Crippen LogP contribution in [0.2, 0.25) is 0 Å². The number of aromatic nitrogens is 3. The van der Waals surface area contributed by atoms with E-state index in [1.165, 1.54) is 29.2 Å². The average molecular weight is 587 g/mol. The molecule has 2 heterocycles. The maximum atomic E-state index is 13.9. The monoisotopic (exact) mass is 586 g/mol. The summed E-state index contributed by atoms with van der Waals surface area (Å²) in [4.78, 5) is 41.5. The van der Waals surface area contributed by atoms with Crippen LogP contribution in [0.3, 0.4) is 0 Å². The molecule has 0 aliphatic heterocycles. The van der Waals surface area contributed by atoms with Crippen LogP contribution in [0, 0.1) is 0 Å². The summed E-state index contributed by atoms with van der Waals surface area (Å²) in [6.07, 6.45) is 0. The number of nitrogens with zero attached hydrogens (tertiary/aromatic N) is 3. The summed E-state index contributed by atoms with van der Waals surface area (Å²) in [6, 6.07) is 41.0. The zero-order valence-electron chi connectivity index (χ0n) is 22.5. The molecule has 6 rings (SSSR count). The molecule has 0 radical (unpaired) electrons. The van der Waals surface area contributed by atoms with Crippen LogP contribution < -0.4 is 10.5 Å². The second kappa shape index (κ2) is 12.8. The lowest BCUT2D eigenvalue weighted by atomic mass is 10.1. The Morgan fingerprint density at radius 3 is 1.95 bits per heavy atom. The van der Waals surface area contributed by atoms with Crippen molar-refractivity contribution in [3.05, 3.63) is 143 Å². The number of H-pyrrole nitrogens is 1. The van der Waals surface area contributed by atoms with Crippen molar-refractivity contribution in [3.63, 3.8) is 0 Å². The highest BCUT2D eigenvalue weighted by Crippen LogP contribution is 2.41. The summed E-state index contributed by atoms with van der Waals surface area (Å²) in [6.45, 7) is 0.365. The van der Waals surface area contributed by atoms with Crippen LogP contribution in [0.15, 0.2) is 137 Å². The van der Waals surface area contributed by atoms with Gasteiger partial charge in [-0.15, -0.1) is 0 Å². The normalized spacial score (nSPS) is 10.9. The first-order chi connectivity index (χ1) is 20.6. The van der Waals surface area contributed by atoms with Crippen LogP contribution in [0.4, 0.5) is 5.13 Å². The predicted molar refractivity (Wildman–Crippen MR) is 172 cm³/mol. The van der Waals surface area contributed by atoms with E-state index in [1.807, 2.05) is 109 Å². The molecule has 2 aromatic heterocycles. The Morgan fingerprint density at radius 2 is 1.31 bits per heavy atom. The van der Waals surface area contributed by atoms with E-state index >= 15 is 0 Å². The second-order valence-electron chi connectivity index (χ2n) is 9.46. The molecule has 0 atom stereocenters. The van der Waals surface area contributed by atoms with Crippen LogP contribution in [0.1, 0.15) is 5.56 Å². The van der Waals surface area contributed by atoms with Crippen molar-refractivity contribution in [1.82, 2.24) is 15.0 Å². The number of amides is 1. The number of benzene rings is 4. The fourth-order valence-electron chi connectivity index (χ4n) is 4.50. The van der Waals surface area contributed by atoms with E-state index in [9.17, 15) is 9.59 Å². The van der Waals surface area contributed by atoms with E-state index in [2.05, 4.69) is 22.1 Å². The summed E-state index contributed by atoms with van der Waals surface area (Å²) in [7, 11) is 0. The van der Waals surface area contributed by atoms with Gasteiger partial charge in [-0.2, -0.15) is 0 Å². The molecule has 6 nitrogen and oxygen atoms in total. The fourth-order valence-corrected chi connectivity index (χ4v) is 6.36. The minimum absolute atomic E-state index is 0.0783. The van der Waals surface area contributed by atoms with Crippen LogP contribution in [-0.2, 0) is 11.3 Å². The van der Waals surface area contributed by atoms with Crippen LogP contribution in [-0.4, -0.2) is 26.6 Å². The van der Waals surface area contributed by atoms with Gasteiger partial charge in [0.2, 0.25) is 5.91 Å². The smallest absolute Gasteiger partial charge is 0.252 e. The SMILES string of the molecule is O=C(CSc1nc(-c2ccccc2)cc(=O)[nH]1)N(Cc1ccccc1)c1nc(-c2ccccc2)c(-c2ccccc2)s1. The van der Waals surface area contributed by atoms with E-state index < -0.39 is 0 Å². The predicted octanol–water partition coefficient (Wildman–Crippen LogP) is 7.55. The molecule has 0 saturated carbocycles. The van der Waals surface area contributed by atoms with Gasteiger partial charge < -0.3 is 4.98 Å². The number of carbonyl (C=O) groups excluding carboxylic acids is 1. The van der Waals surface area contributed by atoms with Crippen molar-refractivity contribution < 1.29 is 4.79 Å². The zero-order chi connectivity index (χ0) is 28.7. The first-order valence-electron chi connectivity index (χ1n) is 13.4. The lowest BCUT2D eigenvalue weighted by Gasteiger charge is -2.20. The number of nitrogens with one attached hydrogen (secondary N) is 1. The molecule has 0 spiro atoms. The molecule has 6 aromatic rings. The Balaban J connectivity index is 1.34. The molecule has 0 fully saturated rings. The van der Waals surface area contributed by atoms with Crippen LogP contribution in [0.5, 0.6) is 0 Å². The standard InChI is InChI=1S/C34H26N4O2S2/c39-29-21-28(25-15-7-2-8-16-25)35-33(36-29)41-23-30(40)38(22-24-13-5-1-6-14-24)34-37-31(26-17-9-3-10-18-26)32(42-34)27-19-11-4-12-20-27/h1-21H,22-23H2,(H,35,36,39). The first-order valence-corrected chi connectivity index (χ1v) is 15.2. The number of thiazole rings is 1. The topological polar surface area (TPSA) is 79.0 Å².